The molecule has 21 heavy (non-hydrogen) atoms. The third-order valence-electron chi connectivity index (χ3n) is 2.76. The second-order valence-corrected chi connectivity index (χ2v) is 4.29. The van der Waals surface area contributed by atoms with Crippen LogP contribution < -0.4 is 5.43 Å². The Hall–Kier alpha value is -2.86. The van der Waals surface area contributed by atoms with Crippen LogP contribution in [0.4, 0.5) is 0 Å². The van der Waals surface area contributed by atoms with Crippen LogP contribution in [0.25, 0.3) is 0 Å². The van der Waals surface area contributed by atoms with Crippen molar-refractivity contribution >= 4 is 12.1 Å². The predicted octanol–water partition coefficient (Wildman–Crippen LogP) is 1.28. The van der Waals surface area contributed by atoms with E-state index >= 15 is 0 Å². The van der Waals surface area contributed by atoms with E-state index in [2.05, 4.69) is 10.5 Å². The third kappa shape index (κ3) is 3.80. The highest BCUT2D eigenvalue weighted by Crippen LogP contribution is 2.20. The van der Waals surface area contributed by atoms with Crippen molar-refractivity contribution < 1.29 is 20.1 Å². The van der Waals surface area contributed by atoms with E-state index in [0.29, 0.717) is 11.1 Å². The summed E-state index contributed by atoms with van der Waals surface area (Å²) in [5.74, 6) is -0.930. The van der Waals surface area contributed by atoms with Crippen molar-refractivity contribution in [1.82, 2.24) is 5.43 Å². The molecule has 0 aromatic heterocycles. The summed E-state index contributed by atoms with van der Waals surface area (Å²) in [4.78, 5) is 11.7. The van der Waals surface area contributed by atoms with Crippen molar-refractivity contribution in [2.24, 2.45) is 5.10 Å². The minimum Gasteiger partial charge on any atom is -0.508 e. The fourth-order valence-corrected chi connectivity index (χ4v) is 1.65. The molecule has 0 unspecified atom stereocenters. The highest BCUT2D eigenvalue weighted by atomic mass is 16.3. The number of nitrogens with one attached hydrogen (secondary N) is 1. The van der Waals surface area contributed by atoms with Gasteiger partial charge < -0.3 is 15.3 Å². The summed E-state index contributed by atoms with van der Waals surface area (Å²) in [5, 5.41) is 32.1. The van der Waals surface area contributed by atoms with Crippen LogP contribution in [-0.2, 0) is 4.79 Å². The van der Waals surface area contributed by atoms with Crippen LogP contribution in [0.5, 0.6) is 11.5 Å². The van der Waals surface area contributed by atoms with E-state index in [9.17, 15) is 15.0 Å². The van der Waals surface area contributed by atoms with E-state index in [1.165, 1.54) is 18.3 Å². The van der Waals surface area contributed by atoms with Gasteiger partial charge in [0.1, 0.15) is 11.5 Å². The number of nitrogens with zero attached hydrogens (tertiary/aromatic N) is 1. The molecule has 0 aliphatic carbocycles. The molecule has 0 spiro atoms. The van der Waals surface area contributed by atoms with E-state index < -0.39 is 12.0 Å². The predicted molar refractivity (Wildman–Crippen MR) is 76.9 cm³/mol. The van der Waals surface area contributed by atoms with Gasteiger partial charge in [-0.15, -0.1) is 0 Å². The van der Waals surface area contributed by atoms with E-state index in [4.69, 9.17) is 5.11 Å². The number of hydrogen-bond donors (Lipinski definition) is 4. The summed E-state index contributed by atoms with van der Waals surface area (Å²) in [7, 11) is 0. The SMILES string of the molecule is O=C(N/N=C/c1ccc(O)cc1O)[C@H](O)c1ccccc1. The van der Waals surface area contributed by atoms with E-state index in [1.807, 2.05) is 0 Å². The highest BCUT2D eigenvalue weighted by molar-refractivity contribution is 5.86. The van der Waals surface area contributed by atoms with Crippen LogP contribution >= 0.6 is 0 Å². The maximum absolute atomic E-state index is 11.7. The molecular weight excluding hydrogens is 272 g/mol. The normalized spacial score (nSPS) is 12.2. The van der Waals surface area contributed by atoms with Gasteiger partial charge in [0.05, 0.1) is 6.21 Å². The Kier molecular flexibility index (Phi) is 4.53. The lowest BCUT2D eigenvalue weighted by molar-refractivity contribution is -0.129. The Morgan fingerprint density at radius 3 is 2.52 bits per heavy atom. The first-order chi connectivity index (χ1) is 10.1. The van der Waals surface area contributed by atoms with Crippen molar-refractivity contribution in [1.29, 1.82) is 0 Å². The van der Waals surface area contributed by atoms with E-state index in [0.717, 1.165) is 6.07 Å². The zero-order valence-corrected chi connectivity index (χ0v) is 11.0. The minimum atomic E-state index is -1.32. The minimum absolute atomic E-state index is 0.0758. The molecule has 0 aliphatic heterocycles. The lowest BCUT2D eigenvalue weighted by Gasteiger charge is -2.08. The molecule has 4 N–H and O–H groups in total. The number of aromatic hydroxyl groups is 2. The largest absolute Gasteiger partial charge is 0.508 e. The molecule has 2 aromatic carbocycles. The molecule has 0 aliphatic rings. The lowest BCUT2D eigenvalue weighted by atomic mass is 10.1. The molecular formula is C15H14N2O4. The number of aliphatic hydroxyl groups excluding tert-OH is 1. The molecule has 0 radical (unpaired) electrons. The number of rotatable bonds is 4. The maximum Gasteiger partial charge on any atom is 0.273 e. The first-order valence-electron chi connectivity index (χ1n) is 6.16. The van der Waals surface area contributed by atoms with Gasteiger partial charge in [-0.3, -0.25) is 4.79 Å². The van der Waals surface area contributed by atoms with Crippen molar-refractivity contribution in [3.63, 3.8) is 0 Å². The van der Waals surface area contributed by atoms with Crippen molar-refractivity contribution in [3.8, 4) is 11.5 Å². The zero-order chi connectivity index (χ0) is 15.2. The summed E-state index contributed by atoms with van der Waals surface area (Å²) < 4.78 is 0. The van der Waals surface area contributed by atoms with Gasteiger partial charge in [0.15, 0.2) is 6.10 Å². The van der Waals surface area contributed by atoms with Gasteiger partial charge in [0, 0.05) is 11.6 Å². The van der Waals surface area contributed by atoms with Crippen LogP contribution in [0, 0.1) is 0 Å². The van der Waals surface area contributed by atoms with Crippen LogP contribution in [0.15, 0.2) is 53.6 Å². The van der Waals surface area contributed by atoms with Gasteiger partial charge in [0.2, 0.25) is 0 Å². The summed E-state index contributed by atoms with van der Waals surface area (Å²) in [6.07, 6.45) is -0.110. The van der Waals surface area contributed by atoms with Crippen LogP contribution in [0.2, 0.25) is 0 Å². The number of carbonyl (C=O) groups is 1. The first kappa shape index (κ1) is 14.5. The number of hydrazone groups is 1. The third-order valence-corrected chi connectivity index (χ3v) is 2.76. The molecule has 1 atom stereocenters. The molecule has 0 saturated heterocycles. The monoisotopic (exact) mass is 286 g/mol. The fourth-order valence-electron chi connectivity index (χ4n) is 1.65. The first-order valence-corrected chi connectivity index (χ1v) is 6.16. The second-order valence-electron chi connectivity index (χ2n) is 4.29. The molecule has 0 bridgehead atoms. The van der Waals surface area contributed by atoms with Crippen LogP contribution in [0.3, 0.4) is 0 Å². The molecule has 0 fully saturated rings. The average molecular weight is 286 g/mol. The van der Waals surface area contributed by atoms with E-state index in [1.54, 1.807) is 30.3 Å². The van der Waals surface area contributed by atoms with Crippen molar-refractivity contribution in [2.45, 2.75) is 6.10 Å². The van der Waals surface area contributed by atoms with Gasteiger partial charge in [-0.05, 0) is 17.7 Å². The summed E-state index contributed by atoms with van der Waals surface area (Å²) in [6, 6.07) is 12.4. The van der Waals surface area contributed by atoms with Crippen LogP contribution in [-0.4, -0.2) is 27.4 Å². The summed E-state index contributed by atoms with van der Waals surface area (Å²) >= 11 is 0. The van der Waals surface area contributed by atoms with Crippen molar-refractivity contribution in [3.05, 3.63) is 59.7 Å². The Balaban J connectivity index is 1.99. The lowest BCUT2D eigenvalue weighted by Crippen LogP contribution is -2.25. The van der Waals surface area contributed by atoms with E-state index in [-0.39, 0.29) is 11.5 Å². The Morgan fingerprint density at radius 1 is 1.14 bits per heavy atom. The number of amides is 1. The summed E-state index contributed by atoms with van der Waals surface area (Å²) in [5.41, 5.74) is 2.96. The zero-order valence-electron chi connectivity index (χ0n) is 11.0. The highest BCUT2D eigenvalue weighted by Gasteiger charge is 2.15. The van der Waals surface area contributed by atoms with Gasteiger partial charge in [-0.1, -0.05) is 30.3 Å². The molecule has 0 saturated carbocycles. The number of phenols is 2. The smallest absolute Gasteiger partial charge is 0.273 e. The molecule has 108 valence electrons. The maximum atomic E-state index is 11.7. The molecule has 0 heterocycles. The second kappa shape index (κ2) is 6.53. The molecule has 6 nitrogen and oxygen atoms in total. The number of hydrogen-bond acceptors (Lipinski definition) is 5. The number of phenolic OH excluding ortho intramolecular Hbond substituents is 2. The topological polar surface area (TPSA) is 102 Å². The van der Waals surface area contributed by atoms with Crippen LogP contribution in [0.1, 0.15) is 17.2 Å². The number of carbonyl (C=O) groups excluding carboxylic acids is 1. The van der Waals surface area contributed by atoms with Crippen molar-refractivity contribution in [2.75, 3.05) is 0 Å². The Labute approximate surface area is 121 Å². The van der Waals surface area contributed by atoms with Gasteiger partial charge in [-0.2, -0.15) is 5.10 Å². The Bertz CT molecular complexity index is 656. The number of aliphatic hydroxyl groups is 1. The standard InChI is InChI=1S/C15H14N2O4/c18-12-7-6-11(13(19)8-12)9-16-17-15(21)14(20)10-4-2-1-3-5-10/h1-9,14,18-20H,(H,17,21)/b16-9+/t14-/m1/s1. The van der Waals surface area contributed by atoms with Gasteiger partial charge in [0.25, 0.3) is 5.91 Å². The van der Waals surface area contributed by atoms with Gasteiger partial charge >= 0.3 is 0 Å². The van der Waals surface area contributed by atoms with Gasteiger partial charge in [-0.25, -0.2) is 5.43 Å². The number of benzene rings is 2. The summed E-state index contributed by atoms with van der Waals surface area (Å²) in [6.45, 7) is 0. The quantitative estimate of drug-likeness (QED) is 0.502. The molecule has 2 rings (SSSR count). The Morgan fingerprint density at radius 2 is 1.86 bits per heavy atom. The average Bonchev–Trinajstić information content (AvgIpc) is 2.49. The molecule has 1 amide bonds. The molecule has 6 heteroatoms. The molecule has 2 aromatic rings. The fraction of sp³-hybridized carbons (Fsp3) is 0.0667.